The van der Waals surface area contributed by atoms with Crippen molar-refractivity contribution in [3.63, 3.8) is 0 Å². The van der Waals surface area contributed by atoms with Crippen LogP contribution in [-0.4, -0.2) is 62.3 Å². The molecule has 2 aromatic heterocycles. The van der Waals surface area contributed by atoms with Gasteiger partial charge in [0.05, 0.1) is 17.6 Å². The molecule has 11 heteroatoms. The van der Waals surface area contributed by atoms with Crippen LogP contribution < -0.4 is 15.4 Å². The van der Waals surface area contributed by atoms with E-state index in [2.05, 4.69) is 20.7 Å². The number of imidazole rings is 1. The summed E-state index contributed by atoms with van der Waals surface area (Å²) in [5.74, 6) is 0.186. The van der Waals surface area contributed by atoms with E-state index in [1.54, 1.807) is 35.0 Å². The van der Waals surface area contributed by atoms with Crippen molar-refractivity contribution in [2.45, 2.75) is 25.8 Å². The monoisotopic (exact) mass is 530 g/mol. The Hall–Kier alpha value is -4.67. The zero-order valence-corrected chi connectivity index (χ0v) is 21.2. The molecule has 0 unspecified atom stereocenters. The zero-order valence-electron chi connectivity index (χ0n) is 21.2. The van der Waals surface area contributed by atoms with Gasteiger partial charge in [-0.3, -0.25) is 4.79 Å². The second kappa shape index (κ2) is 9.90. The van der Waals surface area contributed by atoms with Gasteiger partial charge in [0.2, 0.25) is 5.88 Å². The topological polar surface area (TPSA) is 121 Å². The van der Waals surface area contributed by atoms with Crippen LogP contribution in [0, 0.1) is 18.7 Å². The van der Waals surface area contributed by atoms with Crippen molar-refractivity contribution in [2.24, 2.45) is 5.92 Å². The van der Waals surface area contributed by atoms with E-state index < -0.39 is 11.9 Å². The maximum atomic E-state index is 13.8. The molecule has 1 saturated carbocycles. The SMILES string of the molecule is Cc1cc(-c2cnc3c(NCC4CN(C(=O)O)C4)cc(Oc4cccc(F)c4)nn23)ccc1C(=O)NC1CC1. The fraction of sp³-hybridized carbons (Fsp3) is 0.286. The van der Waals surface area contributed by atoms with Gasteiger partial charge in [-0.2, -0.15) is 0 Å². The molecule has 0 atom stereocenters. The van der Waals surface area contributed by atoms with Crippen LogP contribution in [0.4, 0.5) is 14.9 Å². The average Bonchev–Trinajstić information content (AvgIpc) is 3.57. The first-order valence-corrected chi connectivity index (χ1v) is 12.8. The third kappa shape index (κ3) is 5.20. The predicted octanol–water partition coefficient (Wildman–Crippen LogP) is 4.55. The number of aryl methyl sites for hydroxylation is 1. The highest BCUT2D eigenvalue weighted by Gasteiger charge is 2.30. The van der Waals surface area contributed by atoms with Crippen LogP contribution in [0.2, 0.25) is 0 Å². The van der Waals surface area contributed by atoms with Gasteiger partial charge in [-0.15, -0.1) is 5.10 Å². The zero-order chi connectivity index (χ0) is 27.1. The van der Waals surface area contributed by atoms with Crippen molar-refractivity contribution in [1.82, 2.24) is 24.8 Å². The van der Waals surface area contributed by atoms with E-state index in [1.807, 2.05) is 19.1 Å². The summed E-state index contributed by atoms with van der Waals surface area (Å²) in [6.07, 6.45) is 2.82. The van der Waals surface area contributed by atoms with Crippen molar-refractivity contribution in [3.05, 3.63) is 71.7 Å². The number of halogens is 1. The van der Waals surface area contributed by atoms with Crippen LogP contribution in [0.3, 0.4) is 0 Å². The highest BCUT2D eigenvalue weighted by atomic mass is 19.1. The molecule has 0 bridgehead atoms. The second-order valence-corrected chi connectivity index (χ2v) is 10.0. The van der Waals surface area contributed by atoms with E-state index >= 15 is 0 Å². The number of carbonyl (C=O) groups excluding carboxylic acids is 1. The minimum Gasteiger partial charge on any atom is -0.465 e. The fourth-order valence-electron chi connectivity index (χ4n) is 4.65. The van der Waals surface area contributed by atoms with Crippen LogP contribution in [0.25, 0.3) is 16.9 Å². The number of nitrogens with zero attached hydrogens (tertiary/aromatic N) is 4. The highest BCUT2D eigenvalue weighted by molar-refractivity contribution is 5.96. The average molecular weight is 531 g/mol. The normalized spacial score (nSPS) is 15.2. The van der Waals surface area contributed by atoms with Crippen molar-refractivity contribution >= 4 is 23.3 Å². The van der Waals surface area contributed by atoms with E-state index in [9.17, 15) is 14.0 Å². The van der Waals surface area contributed by atoms with Gasteiger partial charge in [0.1, 0.15) is 11.6 Å². The van der Waals surface area contributed by atoms with E-state index in [0.717, 1.165) is 24.0 Å². The number of rotatable bonds is 8. The predicted molar refractivity (Wildman–Crippen MR) is 142 cm³/mol. The van der Waals surface area contributed by atoms with Crippen molar-refractivity contribution < 1.29 is 23.8 Å². The van der Waals surface area contributed by atoms with Crippen LogP contribution in [0.5, 0.6) is 11.6 Å². The van der Waals surface area contributed by atoms with E-state index in [4.69, 9.17) is 9.84 Å². The number of fused-ring (bicyclic) bond motifs is 1. The number of carboxylic acid groups (broad SMARTS) is 1. The standard InChI is InChI=1S/C28H27FN6O4/c1-16-9-18(5-8-22(16)27(36)32-20-6-7-20)24-13-31-26-23(30-12-17-14-34(15-17)28(37)38)11-25(33-35(24)26)39-21-4-2-3-19(29)10-21/h2-5,8-11,13,17,20,30H,6-7,12,14-15H2,1H3,(H,32,36)(H,37,38). The minimum atomic E-state index is -0.924. The quantitative estimate of drug-likeness (QED) is 0.306. The smallest absolute Gasteiger partial charge is 0.407 e. The molecule has 2 fully saturated rings. The number of nitrogens with one attached hydrogen (secondary N) is 2. The molecule has 3 heterocycles. The molecule has 2 amide bonds. The lowest BCUT2D eigenvalue weighted by Crippen LogP contribution is -2.51. The molecule has 0 radical (unpaired) electrons. The van der Waals surface area contributed by atoms with E-state index in [-0.39, 0.29) is 23.7 Å². The Balaban J connectivity index is 1.32. The van der Waals surface area contributed by atoms with Gasteiger partial charge >= 0.3 is 6.09 Å². The molecule has 0 spiro atoms. The summed E-state index contributed by atoms with van der Waals surface area (Å²) in [4.78, 5) is 29.7. The lowest BCUT2D eigenvalue weighted by molar-refractivity contribution is 0.0863. The van der Waals surface area contributed by atoms with Crippen molar-refractivity contribution in [2.75, 3.05) is 25.0 Å². The number of carbonyl (C=O) groups is 2. The number of amides is 2. The molecular formula is C28H27FN6O4. The number of hydrogen-bond acceptors (Lipinski definition) is 6. The summed E-state index contributed by atoms with van der Waals surface area (Å²) in [7, 11) is 0. The molecule has 4 aromatic rings. The Morgan fingerprint density at radius 1 is 1.15 bits per heavy atom. The number of aromatic nitrogens is 3. The lowest BCUT2D eigenvalue weighted by atomic mass is 10.0. The molecule has 2 aromatic carbocycles. The molecule has 39 heavy (non-hydrogen) atoms. The third-order valence-corrected chi connectivity index (χ3v) is 6.95. The van der Waals surface area contributed by atoms with Gasteiger partial charge < -0.3 is 25.4 Å². The molecule has 1 aliphatic heterocycles. The number of benzene rings is 2. The number of ether oxygens (including phenoxy) is 1. The summed E-state index contributed by atoms with van der Waals surface area (Å²) in [5.41, 5.74) is 4.17. The minimum absolute atomic E-state index is 0.0764. The number of likely N-dealkylation sites (tertiary alicyclic amines) is 1. The van der Waals surface area contributed by atoms with Crippen molar-refractivity contribution in [3.8, 4) is 22.9 Å². The highest BCUT2D eigenvalue weighted by Crippen LogP contribution is 2.31. The maximum Gasteiger partial charge on any atom is 0.407 e. The van der Waals surface area contributed by atoms with Crippen LogP contribution in [0.1, 0.15) is 28.8 Å². The third-order valence-electron chi connectivity index (χ3n) is 6.95. The Kier molecular flexibility index (Phi) is 6.26. The van der Waals surface area contributed by atoms with Gasteiger partial charge in [-0.05, 0) is 49.6 Å². The van der Waals surface area contributed by atoms with Crippen LogP contribution in [0.15, 0.2) is 54.7 Å². The second-order valence-electron chi connectivity index (χ2n) is 10.0. The first-order chi connectivity index (χ1) is 18.8. The summed E-state index contributed by atoms with van der Waals surface area (Å²) in [6.45, 7) is 3.34. The summed E-state index contributed by atoms with van der Waals surface area (Å²) in [5, 5.41) is 20.1. The summed E-state index contributed by atoms with van der Waals surface area (Å²) in [6, 6.07) is 13.4. The molecule has 1 saturated heterocycles. The Bertz CT molecular complexity index is 1580. The number of hydrogen-bond donors (Lipinski definition) is 3. The Labute approximate surface area is 223 Å². The number of anilines is 1. The van der Waals surface area contributed by atoms with Gasteiger partial charge in [0, 0.05) is 54.9 Å². The lowest BCUT2D eigenvalue weighted by Gasteiger charge is -2.37. The molecule has 200 valence electrons. The molecule has 3 N–H and O–H groups in total. The molecular weight excluding hydrogens is 503 g/mol. The van der Waals surface area contributed by atoms with Crippen LogP contribution >= 0.6 is 0 Å². The van der Waals surface area contributed by atoms with E-state index in [1.165, 1.54) is 17.0 Å². The molecule has 6 rings (SSSR count). The fourth-order valence-corrected chi connectivity index (χ4v) is 4.65. The Morgan fingerprint density at radius 2 is 1.97 bits per heavy atom. The first kappa shape index (κ1) is 24.7. The van der Waals surface area contributed by atoms with Gasteiger partial charge in [0.25, 0.3) is 5.91 Å². The van der Waals surface area contributed by atoms with Gasteiger partial charge in [-0.25, -0.2) is 18.7 Å². The van der Waals surface area contributed by atoms with Gasteiger partial charge in [-0.1, -0.05) is 12.1 Å². The summed E-state index contributed by atoms with van der Waals surface area (Å²) >= 11 is 0. The van der Waals surface area contributed by atoms with Gasteiger partial charge in [0.15, 0.2) is 5.65 Å². The van der Waals surface area contributed by atoms with Crippen molar-refractivity contribution in [1.29, 1.82) is 0 Å². The molecule has 10 nitrogen and oxygen atoms in total. The van der Waals surface area contributed by atoms with Crippen LogP contribution in [-0.2, 0) is 0 Å². The van der Waals surface area contributed by atoms with E-state index in [0.29, 0.717) is 48.0 Å². The maximum absolute atomic E-state index is 13.8. The molecule has 1 aliphatic carbocycles. The first-order valence-electron chi connectivity index (χ1n) is 12.8. The largest absolute Gasteiger partial charge is 0.465 e. The summed E-state index contributed by atoms with van der Waals surface area (Å²) < 4.78 is 21.3. The Morgan fingerprint density at radius 3 is 2.69 bits per heavy atom. The molecule has 2 aliphatic rings.